The molecular weight excluding hydrogens is 375 g/mol. The van der Waals surface area contributed by atoms with E-state index < -0.39 is 0 Å². The zero-order valence-corrected chi connectivity index (χ0v) is 16.4. The quantitative estimate of drug-likeness (QED) is 0.390. The fourth-order valence-electron chi connectivity index (χ4n) is 3.64. The normalized spacial score (nSPS) is 11.0. The topological polar surface area (TPSA) is 42.7 Å². The number of rotatable bonds is 4. The predicted octanol–water partition coefficient (Wildman–Crippen LogP) is 6.28. The van der Waals surface area contributed by atoms with Crippen LogP contribution in [0.3, 0.4) is 0 Å². The largest absolute Gasteiger partial charge is 0.340 e. The van der Waals surface area contributed by atoms with Crippen LogP contribution in [0.1, 0.15) is 5.56 Å². The summed E-state index contributed by atoms with van der Waals surface area (Å²) in [5, 5.41) is 4.24. The van der Waals surface area contributed by atoms with Crippen molar-refractivity contribution in [2.24, 2.45) is 0 Å². The summed E-state index contributed by atoms with van der Waals surface area (Å²) in [4.78, 5) is 9.11. The second kappa shape index (κ2) is 7.44. The Kier molecular flexibility index (Phi) is 4.48. The van der Waals surface area contributed by atoms with E-state index in [4.69, 9.17) is 0 Å². The first-order valence-corrected chi connectivity index (χ1v) is 9.70. The molecule has 0 bridgehead atoms. The third-order valence-corrected chi connectivity index (χ3v) is 5.05. The SMILES string of the molecule is Cc1cccc(-n2cc(-c3ccccc3)c3c(Nc4ccc(F)cc4)ncnc32)c1. The van der Waals surface area contributed by atoms with Gasteiger partial charge in [0.1, 0.15) is 18.0 Å². The van der Waals surface area contributed by atoms with E-state index in [0.29, 0.717) is 5.82 Å². The molecule has 30 heavy (non-hydrogen) atoms. The Labute approximate surface area is 173 Å². The Balaban J connectivity index is 1.74. The molecule has 146 valence electrons. The molecule has 0 radical (unpaired) electrons. The molecule has 0 aliphatic rings. The zero-order valence-electron chi connectivity index (χ0n) is 16.4. The van der Waals surface area contributed by atoms with Gasteiger partial charge in [0.25, 0.3) is 0 Å². The molecule has 2 heterocycles. The highest BCUT2D eigenvalue weighted by Crippen LogP contribution is 2.36. The van der Waals surface area contributed by atoms with Crippen LogP contribution < -0.4 is 5.32 Å². The number of halogens is 1. The lowest BCUT2D eigenvalue weighted by Crippen LogP contribution is -1.98. The van der Waals surface area contributed by atoms with Crippen LogP contribution in [0.4, 0.5) is 15.9 Å². The van der Waals surface area contributed by atoms with Crippen LogP contribution in [0, 0.1) is 12.7 Å². The molecule has 4 nitrogen and oxygen atoms in total. The molecule has 5 heteroatoms. The minimum atomic E-state index is -0.274. The van der Waals surface area contributed by atoms with Crippen molar-refractivity contribution in [2.75, 3.05) is 5.32 Å². The smallest absolute Gasteiger partial charge is 0.150 e. The molecule has 5 aromatic rings. The highest BCUT2D eigenvalue weighted by atomic mass is 19.1. The highest BCUT2D eigenvalue weighted by molar-refractivity contribution is 6.03. The molecule has 1 N–H and O–H groups in total. The molecule has 0 aliphatic carbocycles. The van der Waals surface area contributed by atoms with Crippen molar-refractivity contribution in [2.45, 2.75) is 6.92 Å². The van der Waals surface area contributed by atoms with Crippen LogP contribution in [0.15, 0.2) is 91.4 Å². The van der Waals surface area contributed by atoms with E-state index in [1.165, 1.54) is 17.7 Å². The van der Waals surface area contributed by atoms with Crippen LogP contribution >= 0.6 is 0 Å². The molecule has 0 fully saturated rings. The van der Waals surface area contributed by atoms with Gasteiger partial charge < -0.3 is 9.88 Å². The lowest BCUT2D eigenvalue weighted by Gasteiger charge is -2.09. The van der Waals surface area contributed by atoms with Crippen molar-refractivity contribution in [1.82, 2.24) is 14.5 Å². The second-order valence-electron chi connectivity index (χ2n) is 7.17. The Bertz CT molecular complexity index is 1320. The molecule has 0 aliphatic heterocycles. The van der Waals surface area contributed by atoms with E-state index in [-0.39, 0.29) is 5.82 Å². The van der Waals surface area contributed by atoms with E-state index in [9.17, 15) is 4.39 Å². The van der Waals surface area contributed by atoms with Crippen LogP contribution in [0.5, 0.6) is 0 Å². The van der Waals surface area contributed by atoms with E-state index in [2.05, 4.69) is 63.3 Å². The summed E-state index contributed by atoms with van der Waals surface area (Å²) in [5.74, 6) is 0.404. The van der Waals surface area contributed by atoms with Gasteiger partial charge in [-0.3, -0.25) is 0 Å². The first-order chi connectivity index (χ1) is 14.7. The molecule has 0 saturated heterocycles. The summed E-state index contributed by atoms with van der Waals surface area (Å²) in [6.07, 6.45) is 3.65. The first-order valence-electron chi connectivity index (χ1n) is 9.70. The second-order valence-corrected chi connectivity index (χ2v) is 7.17. The summed E-state index contributed by atoms with van der Waals surface area (Å²) >= 11 is 0. The molecular formula is C25H19FN4. The van der Waals surface area contributed by atoms with Gasteiger partial charge in [-0.2, -0.15) is 0 Å². The summed E-state index contributed by atoms with van der Waals surface area (Å²) in [5.41, 5.74) is 5.88. The Morgan fingerprint density at radius 2 is 1.67 bits per heavy atom. The molecule has 5 rings (SSSR count). The van der Waals surface area contributed by atoms with Gasteiger partial charge in [-0.25, -0.2) is 14.4 Å². The minimum absolute atomic E-state index is 0.274. The summed E-state index contributed by atoms with van der Waals surface area (Å²) in [6.45, 7) is 2.07. The third-order valence-electron chi connectivity index (χ3n) is 5.05. The van der Waals surface area contributed by atoms with Crippen LogP contribution in [0.25, 0.3) is 27.8 Å². The Morgan fingerprint density at radius 1 is 0.867 bits per heavy atom. The van der Waals surface area contributed by atoms with Gasteiger partial charge in [0.15, 0.2) is 5.65 Å². The number of aromatic nitrogens is 3. The number of nitrogens with one attached hydrogen (secondary N) is 1. The van der Waals surface area contributed by atoms with Crippen molar-refractivity contribution in [3.8, 4) is 16.8 Å². The van der Waals surface area contributed by atoms with E-state index in [1.807, 2.05) is 24.3 Å². The standard InChI is InChI=1S/C25H19FN4/c1-17-6-5-9-21(14-17)30-15-22(18-7-3-2-4-8-18)23-24(27-16-28-25(23)30)29-20-12-10-19(26)11-13-20/h2-16H,1H3,(H,27,28,29). The van der Waals surface area contributed by atoms with Crippen molar-refractivity contribution in [3.63, 3.8) is 0 Å². The van der Waals surface area contributed by atoms with Crippen molar-refractivity contribution < 1.29 is 4.39 Å². The monoisotopic (exact) mass is 394 g/mol. The van der Waals surface area contributed by atoms with Gasteiger partial charge in [0.2, 0.25) is 0 Å². The molecule has 0 atom stereocenters. The maximum absolute atomic E-state index is 13.3. The average molecular weight is 394 g/mol. The van der Waals surface area contributed by atoms with Crippen molar-refractivity contribution >= 4 is 22.5 Å². The van der Waals surface area contributed by atoms with E-state index in [0.717, 1.165) is 33.5 Å². The number of anilines is 2. The minimum Gasteiger partial charge on any atom is -0.340 e. The van der Waals surface area contributed by atoms with E-state index in [1.54, 1.807) is 18.5 Å². The third kappa shape index (κ3) is 3.31. The fourth-order valence-corrected chi connectivity index (χ4v) is 3.64. The number of nitrogens with zero attached hydrogens (tertiary/aromatic N) is 3. The van der Waals surface area contributed by atoms with Gasteiger partial charge in [-0.15, -0.1) is 0 Å². The summed E-state index contributed by atoms with van der Waals surface area (Å²) in [7, 11) is 0. The molecule has 0 saturated carbocycles. The lowest BCUT2D eigenvalue weighted by molar-refractivity contribution is 0.628. The van der Waals surface area contributed by atoms with Gasteiger partial charge in [-0.05, 0) is 54.4 Å². The van der Waals surface area contributed by atoms with Crippen LogP contribution in [0.2, 0.25) is 0 Å². The zero-order chi connectivity index (χ0) is 20.5. The van der Waals surface area contributed by atoms with Crippen LogP contribution in [-0.4, -0.2) is 14.5 Å². The molecule has 0 amide bonds. The average Bonchev–Trinajstić information content (AvgIpc) is 3.17. The highest BCUT2D eigenvalue weighted by Gasteiger charge is 2.17. The first kappa shape index (κ1) is 18.1. The number of benzene rings is 3. The number of hydrogen-bond donors (Lipinski definition) is 1. The van der Waals surface area contributed by atoms with Crippen molar-refractivity contribution in [1.29, 1.82) is 0 Å². The number of fused-ring (bicyclic) bond motifs is 1. The molecule has 0 unspecified atom stereocenters. The maximum Gasteiger partial charge on any atom is 0.150 e. The van der Waals surface area contributed by atoms with Crippen LogP contribution in [-0.2, 0) is 0 Å². The number of aryl methyl sites for hydroxylation is 1. The molecule has 0 spiro atoms. The van der Waals surface area contributed by atoms with Gasteiger partial charge in [0.05, 0.1) is 5.39 Å². The maximum atomic E-state index is 13.3. The van der Waals surface area contributed by atoms with Gasteiger partial charge >= 0.3 is 0 Å². The summed E-state index contributed by atoms with van der Waals surface area (Å²) < 4.78 is 15.4. The Morgan fingerprint density at radius 3 is 2.43 bits per heavy atom. The van der Waals surface area contributed by atoms with Gasteiger partial charge in [-0.1, -0.05) is 42.5 Å². The summed E-state index contributed by atoms with van der Waals surface area (Å²) in [6, 6.07) is 24.7. The lowest BCUT2D eigenvalue weighted by atomic mass is 10.1. The number of hydrogen-bond acceptors (Lipinski definition) is 3. The fraction of sp³-hybridized carbons (Fsp3) is 0.0400. The van der Waals surface area contributed by atoms with Crippen molar-refractivity contribution in [3.05, 3.63) is 103 Å². The molecule has 3 aromatic carbocycles. The molecule has 2 aromatic heterocycles. The predicted molar refractivity (Wildman–Crippen MR) is 119 cm³/mol. The van der Waals surface area contributed by atoms with E-state index >= 15 is 0 Å². The Hall–Kier alpha value is -3.99. The van der Waals surface area contributed by atoms with Gasteiger partial charge in [0, 0.05) is 23.1 Å².